The average Bonchev–Trinajstić information content (AvgIpc) is 2.31. The molecule has 0 N–H and O–H groups in total. The van der Waals surface area contributed by atoms with Crippen molar-refractivity contribution >= 4 is 29.3 Å². The molecule has 0 spiro atoms. The lowest BCUT2D eigenvalue weighted by Crippen LogP contribution is -2.27. The number of rotatable bonds is 7. The van der Waals surface area contributed by atoms with Crippen molar-refractivity contribution in [2.75, 3.05) is 31.4 Å². The summed E-state index contributed by atoms with van der Waals surface area (Å²) in [4.78, 5) is 2.24. The van der Waals surface area contributed by atoms with Crippen LogP contribution in [0, 0.1) is 0 Å². The van der Waals surface area contributed by atoms with Gasteiger partial charge in [0.15, 0.2) is 0 Å². The summed E-state index contributed by atoms with van der Waals surface area (Å²) in [7, 11) is 0. The van der Waals surface area contributed by atoms with Gasteiger partial charge in [-0.25, -0.2) is 0 Å². The Hall–Kier alpha value is -0.500. The van der Waals surface area contributed by atoms with Gasteiger partial charge in [-0.3, -0.25) is 4.90 Å². The fourth-order valence-corrected chi connectivity index (χ4v) is 1.91. The summed E-state index contributed by atoms with van der Waals surface area (Å²) >= 11 is 11.4. The Morgan fingerprint density at radius 1 is 1.00 bits per heavy atom. The molecule has 1 aromatic carbocycles. The number of halogens is 2. The van der Waals surface area contributed by atoms with E-state index in [2.05, 4.69) is 29.2 Å². The van der Waals surface area contributed by atoms with E-state index in [1.54, 1.807) is 0 Å². The minimum absolute atomic E-state index is 0.649. The minimum Gasteiger partial charge on any atom is -0.297 e. The maximum absolute atomic E-state index is 5.72. The Balaban J connectivity index is 2.39. The van der Waals surface area contributed by atoms with Crippen LogP contribution in [0.3, 0.4) is 0 Å². The van der Waals surface area contributed by atoms with Crippen molar-refractivity contribution in [3.63, 3.8) is 0 Å². The smallest absolute Gasteiger partial charge is 0.0351 e. The summed E-state index contributed by atoms with van der Waals surface area (Å²) in [5.74, 6) is 1.30. The van der Waals surface area contributed by atoms with E-state index in [1.165, 1.54) is 5.56 Å². The summed E-state index contributed by atoms with van der Waals surface area (Å²) in [5.41, 5.74) is 1.22. The molecule has 1 aromatic rings. The second-order valence-corrected chi connectivity index (χ2v) is 4.25. The standard InChI is InChI=1S/C13H17Cl2N/c14-8-11-16(12-9-15)10-4-7-13-5-2-1-3-6-13/h1-7H,8-12H2. The van der Waals surface area contributed by atoms with Gasteiger partial charge in [-0.1, -0.05) is 42.5 Å². The highest BCUT2D eigenvalue weighted by molar-refractivity contribution is 6.18. The number of benzene rings is 1. The molecule has 16 heavy (non-hydrogen) atoms. The Labute approximate surface area is 108 Å². The van der Waals surface area contributed by atoms with E-state index in [-0.39, 0.29) is 0 Å². The SMILES string of the molecule is ClCCN(CC=Cc1ccccc1)CCCl. The van der Waals surface area contributed by atoms with Crippen LogP contribution in [0.25, 0.3) is 6.08 Å². The van der Waals surface area contributed by atoms with Crippen molar-refractivity contribution in [3.8, 4) is 0 Å². The molecule has 88 valence electrons. The number of hydrogen-bond acceptors (Lipinski definition) is 1. The van der Waals surface area contributed by atoms with Gasteiger partial charge in [0, 0.05) is 31.4 Å². The Morgan fingerprint density at radius 2 is 1.62 bits per heavy atom. The molecule has 3 heteroatoms. The molecule has 0 amide bonds. The van der Waals surface area contributed by atoms with Crippen LogP contribution >= 0.6 is 23.2 Å². The first-order valence-electron chi connectivity index (χ1n) is 5.42. The molecule has 0 bridgehead atoms. The predicted octanol–water partition coefficient (Wildman–Crippen LogP) is 3.48. The van der Waals surface area contributed by atoms with E-state index in [9.17, 15) is 0 Å². The number of hydrogen-bond donors (Lipinski definition) is 0. The zero-order valence-corrected chi connectivity index (χ0v) is 10.8. The van der Waals surface area contributed by atoms with Crippen molar-refractivity contribution in [1.82, 2.24) is 4.90 Å². The van der Waals surface area contributed by atoms with Crippen LogP contribution in [0.4, 0.5) is 0 Å². The molecule has 0 radical (unpaired) electrons. The van der Waals surface area contributed by atoms with Gasteiger partial charge < -0.3 is 0 Å². The van der Waals surface area contributed by atoms with Crippen LogP contribution in [0.15, 0.2) is 36.4 Å². The van der Waals surface area contributed by atoms with Crippen molar-refractivity contribution in [2.24, 2.45) is 0 Å². The van der Waals surface area contributed by atoms with Crippen LogP contribution in [-0.4, -0.2) is 36.3 Å². The molecule has 0 fully saturated rings. The molecule has 0 aromatic heterocycles. The molecule has 0 aliphatic carbocycles. The number of nitrogens with zero attached hydrogens (tertiary/aromatic N) is 1. The van der Waals surface area contributed by atoms with E-state index in [1.807, 2.05) is 18.2 Å². The average molecular weight is 258 g/mol. The molecule has 0 aliphatic rings. The van der Waals surface area contributed by atoms with Crippen LogP contribution in [0.2, 0.25) is 0 Å². The highest BCUT2D eigenvalue weighted by Gasteiger charge is 1.99. The molecule has 1 nitrogen and oxygen atoms in total. The first-order valence-corrected chi connectivity index (χ1v) is 6.49. The number of alkyl halides is 2. The van der Waals surface area contributed by atoms with E-state index < -0.39 is 0 Å². The molecule has 0 saturated heterocycles. The second-order valence-electron chi connectivity index (χ2n) is 3.49. The first kappa shape index (κ1) is 13.6. The zero-order valence-electron chi connectivity index (χ0n) is 9.28. The third kappa shape index (κ3) is 5.55. The maximum atomic E-state index is 5.72. The summed E-state index contributed by atoms with van der Waals surface area (Å²) < 4.78 is 0. The Kier molecular flexibility index (Phi) is 7.32. The molecular weight excluding hydrogens is 241 g/mol. The zero-order chi connectivity index (χ0) is 11.6. The minimum atomic E-state index is 0.649. The third-order valence-electron chi connectivity index (χ3n) is 2.27. The van der Waals surface area contributed by atoms with Crippen LogP contribution in [0.1, 0.15) is 5.56 Å². The van der Waals surface area contributed by atoms with Gasteiger partial charge in [0.2, 0.25) is 0 Å². The Bertz CT molecular complexity index is 292. The summed E-state index contributed by atoms with van der Waals surface area (Å²) in [5, 5.41) is 0. The summed E-state index contributed by atoms with van der Waals surface area (Å²) in [6, 6.07) is 10.3. The van der Waals surface area contributed by atoms with Gasteiger partial charge in [-0.2, -0.15) is 0 Å². The van der Waals surface area contributed by atoms with Gasteiger partial charge in [-0.15, -0.1) is 23.2 Å². The van der Waals surface area contributed by atoms with Gasteiger partial charge in [0.1, 0.15) is 0 Å². The highest BCUT2D eigenvalue weighted by Crippen LogP contribution is 2.01. The van der Waals surface area contributed by atoms with Crippen LogP contribution in [0.5, 0.6) is 0 Å². The van der Waals surface area contributed by atoms with E-state index in [0.717, 1.165) is 19.6 Å². The normalized spacial score (nSPS) is 11.4. The van der Waals surface area contributed by atoms with Gasteiger partial charge >= 0.3 is 0 Å². The maximum Gasteiger partial charge on any atom is 0.0351 e. The van der Waals surface area contributed by atoms with Crippen molar-refractivity contribution in [3.05, 3.63) is 42.0 Å². The van der Waals surface area contributed by atoms with Crippen molar-refractivity contribution in [2.45, 2.75) is 0 Å². The molecule has 0 atom stereocenters. The second kappa shape index (κ2) is 8.63. The molecule has 0 saturated carbocycles. The molecule has 0 aliphatic heterocycles. The van der Waals surface area contributed by atoms with Gasteiger partial charge in [0.05, 0.1) is 0 Å². The summed E-state index contributed by atoms with van der Waals surface area (Å²) in [6.07, 6.45) is 4.27. The van der Waals surface area contributed by atoms with Crippen LogP contribution < -0.4 is 0 Å². The first-order chi connectivity index (χ1) is 7.86. The lowest BCUT2D eigenvalue weighted by atomic mass is 10.2. The fraction of sp³-hybridized carbons (Fsp3) is 0.385. The van der Waals surface area contributed by atoms with E-state index in [4.69, 9.17) is 23.2 Å². The molecule has 0 heterocycles. The molecule has 0 unspecified atom stereocenters. The third-order valence-corrected chi connectivity index (χ3v) is 2.61. The monoisotopic (exact) mass is 257 g/mol. The highest BCUT2D eigenvalue weighted by atomic mass is 35.5. The topological polar surface area (TPSA) is 3.24 Å². The predicted molar refractivity (Wildman–Crippen MR) is 73.4 cm³/mol. The van der Waals surface area contributed by atoms with Gasteiger partial charge in [0.25, 0.3) is 0 Å². The van der Waals surface area contributed by atoms with E-state index in [0.29, 0.717) is 11.8 Å². The largest absolute Gasteiger partial charge is 0.297 e. The van der Waals surface area contributed by atoms with Crippen LogP contribution in [-0.2, 0) is 0 Å². The van der Waals surface area contributed by atoms with Crippen molar-refractivity contribution < 1.29 is 0 Å². The van der Waals surface area contributed by atoms with Gasteiger partial charge in [-0.05, 0) is 5.56 Å². The summed E-state index contributed by atoms with van der Waals surface area (Å²) in [6.45, 7) is 2.66. The quantitative estimate of drug-likeness (QED) is 0.677. The Morgan fingerprint density at radius 3 is 2.19 bits per heavy atom. The molecular formula is C13H17Cl2N. The molecule has 1 rings (SSSR count). The lowest BCUT2D eigenvalue weighted by Gasteiger charge is -2.17. The fourth-order valence-electron chi connectivity index (χ4n) is 1.44. The van der Waals surface area contributed by atoms with Crippen molar-refractivity contribution in [1.29, 1.82) is 0 Å². The lowest BCUT2D eigenvalue weighted by molar-refractivity contribution is 0.342. The van der Waals surface area contributed by atoms with E-state index >= 15 is 0 Å².